The molecular formula is C6H12N2O2S. The van der Waals surface area contributed by atoms with Crippen molar-refractivity contribution in [3.8, 4) is 0 Å². The lowest BCUT2D eigenvalue weighted by molar-refractivity contribution is 0.129. The standard InChI is InChI=1S/C6H12N2O2S/c1-4(5(7)11)8(2)6(9)10-3/h4H,1-3H3,(H2,7,11). The zero-order valence-electron chi connectivity index (χ0n) is 6.83. The number of carbonyl (C=O) groups is 1. The van der Waals surface area contributed by atoms with Gasteiger partial charge in [-0.3, -0.25) is 0 Å². The summed E-state index contributed by atoms with van der Waals surface area (Å²) in [4.78, 5) is 12.5. The quantitative estimate of drug-likeness (QED) is 0.617. The minimum atomic E-state index is -0.440. The molecule has 0 aliphatic carbocycles. The van der Waals surface area contributed by atoms with E-state index in [1.165, 1.54) is 12.0 Å². The molecule has 0 aromatic rings. The van der Waals surface area contributed by atoms with Gasteiger partial charge in [0.25, 0.3) is 0 Å². The highest BCUT2D eigenvalue weighted by Gasteiger charge is 2.17. The summed E-state index contributed by atoms with van der Waals surface area (Å²) >= 11 is 4.69. The topological polar surface area (TPSA) is 55.6 Å². The Morgan fingerprint density at radius 2 is 2.18 bits per heavy atom. The van der Waals surface area contributed by atoms with Gasteiger partial charge in [-0.2, -0.15) is 0 Å². The first-order chi connectivity index (χ1) is 5.00. The van der Waals surface area contributed by atoms with E-state index < -0.39 is 6.09 Å². The van der Waals surface area contributed by atoms with Crippen molar-refractivity contribution in [2.24, 2.45) is 5.73 Å². The van der Waals surface area contributed by atoms with Crippen LogP contribution < -0.4 is 5.73 Å². The lowest BCUT2D eigenvalue weighted by atomic mass is 10.3. The maximum Gasteiger partial charge on any atom is 0.409 e. The average molecular weight is 176 g/mol. The molecule has 0 saturated carbocycles. The van der Waals surface area contributed by atoms with Crippen LogP contribution in [0.5, 0.6) is 0 Å². The molecule has 1 atom stereocenters. The second kappa shape index (κ2) is 4.12. The molecule has 0 aromatic heterocycles. The van der Waals surface area contributed by atoms with Gasteiger partial charge in [0, 0.05) is 7.05 Å². The second-order valence-electron chi connectivity index (χ2n) is 2.16. The number of hydrogen-bond acceptors (Lipinski definition) is 3. The smallest absolute Gasteiger partial charge is 0.409 e. The van der Waals surface area contributed by atoms with Crippen molar-refractivity contribution in [2.45, 2.75) is 13.0 Å². The molecule has 0 bridgehead atoms. The Labute approximate surface area is 71.3 Å². The maximum absolute atomic E-state index is 10.8. The van der Waals surface area contributed by atoms with Crippen molar-refractivity contribution >= 4 is 23.3 Å². The van der Waals surface area contributed by atoms with Gasteiger partial charge in [-0.25, -0.2) is 4.79 Å². The van der Waals surface area contributed by atoms with Crippen molar-refractivity contribution in [1.29, 1.82) is 0 Å². The highest BCUT2D eigenvalue weighted by Crippen LogP contribution is 1.97. The SMILES string of the molecule is COC(=O)N(C)C(C)C(N)=S. The van der Waals surface area contributed by atoms with Crippen LogP contribution in [0, 0.1) is 0 Å². The van der Waals surface area contributed by atoms with Crippen LogP contribution in [0.4, 0.5) is 4.79 Å². The van der Waals surface area contributed by atoms with Crippen LogP contribution in [0.1, 0.15) is 6.92 Å². The van der Waals surface area contributed by atoms with Crippen molar-refractivity contribution in [2.75, 3.05) is 14.2 Å². The number of likely N-dealkylation sites (N-methyl/N-ethyl adjacent to an activating group) is 1. The molecule has 4 nitrogen and oxygen atoms in total. The molecule has 0 heterocycles. The van der Waals surface area contributed by atoms with Crippen LogP contribution in [0.3, 0.4) is 0 Å². The highest BCUT2D eigenvalue weighted by molar-refractivity contribution is 7.80. The summed E-state index contributed by atoms with van der Waals surface area (Å²) in [6.07, 6.45) is -0.440. The molecule has 1 unspecified atom stereocenters. The minimum Gasteiger partial charge on any atom is -0.453 e. The molecule has 0 aromatic carbocycles. The fourth-order valence-corrected chi connectivity index (χ4v) is 0.651. The van der Waals surface area contributed by atoms with E-state index >= 15 is 0 Å². The van der Waals surface area contributed by atoms with Crippen molar-refractivity contribution in [3.63, 3.8) is 0 Å². The molecule has 0 radical (unpaired) electrons. The van der Waals surface area contributed by atoms with E-state index in [-0.39, 0.29) is 11.0 Å². The van der Waals surface area contributed by atoms with Crippen LogP contribution in [0.2, 0.25) is 0 Å². The molecule has 5 heteroatoms. The average Bonchev–Trinajstić information content (AvgIpc) is 2.00. The summed E-state index contributed by atoms with van der Waals surface area (Å²) in [5.41, 5.74) is 5.31. The van der Waals surface area contributed by atoms with Gasteiger partial charge in [-0.05, 0) is 6.92 Å². The summed E-state index contributed by atoms with van der Waals surface area (Å²) < 4.78 is 4.46. The van der Waals surface area contributed by atoms with E-state index in [4.69, 9.17) is 5.73 Å². The zero-order valence-corrected chi connectivity index (χ0v) is 7.64. The van der Waals surface area contributed by atoms with Gasteiger partial charge in [0.2, 0.25) is 0 Å². The van der Waals surface area contributed by atoms with E-state index in [0.717, 1.165) is 0 Å². The number of hydrogen-bond donors (Lipinski definition) is 1. The Hall–Kier alpha value is -0.840. The molecule has 0 spiro atoms. The Bertz CT molecular complexity index is 172. The molecular weight excluding hydrogens is 164 g/mol. The number of carbonyl (C=O) groups excluding carboxylic acids is 1. The summed E-state index contributed by atoms with van der Waals surface area (Å²) in [5, 5.41) is 0. The minimum absolute atomic E-state index is 0.266. The lowest BCUT2D eigenvalue weighted by Gasteiger charge is -2.21. The van der Waals surface area contributed by atoms with Gasteiger partial charge in [0.15, 0.2) is 0 Å². The van der Waals surface area contributed by atoms with Gasteiger partial charge in [-0.1, -0.05) is 12.2 Å². The summed E-state index contributed by atoms with van der Waals surface area (Å²) in [6.45, 7) is 1.74. The number of nitrogens with zero attached hydrogens (tertiary/aromatic N) is 1. The van der Waals surface area contributed by atoms with Crippen molar-refractivity contribution in [1.82, 2.24) is 4.90 Å². The first-order valence-electron chi connectivity index (χ1n) is 3.10. The predicted octanol–water partition coefficient (Wildman–Crippen LogP) is 0.359. The number of ether oxygens (including phenoxy) is 1. The Balaban J connectivity index is 4.12. The van der Waals surface area contributed by atoms with Gasteiger partial charge in [-0.15, -0.1) is 0 Å². The molecule has 11 heavy (non-hydrogen) atoms. The predicted molar refractivity (Wildman–Crippen MR) is 46.4 cm³/mol. The molecule has 0 fully saturated rings. The Kier molecular flexibility index (Phi) is 3.81. The van der Waals surface area contributed by atoms with Crippen LogP contribution in [-0.2, 0) is 4.74 Å². The van der Waals surface area contributed by atoms with E-state index in [9.17, 15) is 4.79 Å². The third-order valence-corrected chi connectivity index (χ3v) is 1.80. The lowest BCUT2D eigenvalue weighted by Crippen LogP contribution is -2.42. The first-order valence-corrected chi connectivity index (χ1v) is 3.51. The van der Waals surface area contributed by atoms with Gasteiger partial charge >= 0.3 is 6.09 Å². The van der Waals surface area contributed by atoms with Crippen LogP contribution in [-0.4, -0.2) is 36.2 Å². The van der Waals surface area contributed by atoms with Crippen LogP contribution >= 0.6 is 12.2 Å². The second-order valence-corrected chi connectivity index (χ2v) is 2.63. The fourth-order valence-electron chi connectivity index (χ4n) is 0.493. The largest absolute Gasteiger partial charge is 0.453 e. The van der Waals surface area contributed by atoms with E-state index in [2.05, 4.69) is 17.0 Å². The summed E-state index contributed by atoms with van der Waals surface area (Å²) in [5.74, 6) is 0. The number of rotatable bonds is 2. The highest BCUT2D eigenvalue weighted by atomic mass is 32.1. The van der Waals surface area contributed by atoms with Crippen molar-refractivity contribution in [3.05, 3.63) is 0 Å². The van der Waals surface area contributed by atoms with E-state index in [1.807, 2.05) is 0 Å². The third-order valence-electron chi connectivity index (χ3n) is 1.46. The molecule has 0 aliphatic heterocycles. The van der Waals surface area contributed by atoms with Crippen molar-refractivity contribution < 1.29 is 9.53 Å². The molecule has 1 amide bonds. The van der Waals surface area contributed by atoms with Gasteiger partial charge in [0.05, 0.1) is 18.1 Å². The van der Waals surface area contributed by atoms with Crippen LogP contribution in [0.25, 0.3) is 0 Å². The van der Waals surface area contributed by atoms with E-state index in [1.54, 1.807) is 14.0 Å². The number of thiocarbonyl (C=S) groups is 1. The molecule has 0 aliphatic rings. The fraction of sp³-hybridized carbons (Fsp3) is 0.667. The molecule has 64 valence electrons. The Morgan fingerprint density at radius 3 is 2.45 bits per heavy atom. The molecule has 2 N–H and O–H groups in total. The first kappa shape index (κ1) is 10.2. The number of amides is 1. The normalized spacial score (nSPS) is 11.9. The third kappa shape index (κ3) is 2.71. The van der Waals surface area contributed by atoms with Gasteiger partial charge in [0.1, 0.15) is 0 Å². The zero-order chi connectivity index (χ0) is 9.02. The van der Waals surface area contributed by atoms with Crippen LogP contribution in [0.15, 0.2) is 0 Å². The number of methoxy groups -OCH3 is 1. The molecule has 0 rings (SSSR count). The van der Waals surface area contributed by atoms with E-state index in [0.29, 0.717) is 0 Å². The van der Waals surface area contributed by atoms with Gasteiger partial charge < -0.3 is 15.4 Å². The summed E-state index contributed by atoms with van der Waals surface area (Å²) in [6, 6.07) is -0.266. The maximum atomic E-state index is 10.8. The summed E-state index contributed by atoms with van der Waals surface area (Å²) in [7, 11) is 2.89. The Morgan fingerprint density at radius 1 is 1.73 bits per heavy atom. The molecule has 0 saturated heterocycles. The number of nitrogens with two attached hydrogens (primary N) is 1. The monoisotopic (exact) mass is 176 g/mol.